The summed E-state index contributed by atoms with van der Waals surface area (Å²) < 4.78 is 12.7. The first-order valence-electron chi connectivity index (χ1n) is 10.7. The zero-order valence-electron chi connectivity index (χ0n) is 18.8. The summed E-state index contributed by atoms with van der Waals surface area (Å²) in [5.41, 5.74) is 1.73. The number of benzene rings is 3. The number of carbonyl (C=O) groups is 3. The van der Waals surface area contributed by atoms with Crippen molar-refractivity contribution in [2.45, 2.75) is 13.5 Å². The number of esters is 1. The van der Waals surface area contributed by atoms with Gasteiger partial charge in [-0.05, 0) is 94.3 Å². The summed E-state index contributed by atoms with van der Waals surface area (Å²) in [5.74, 6) is -0.468. The molecule has 0 spiro atoms. The van der Waals surface area contributed by atoms with Gasteiger partial charge in [-0.1, -0.05) is 45.7 Å². The summed E-state index contributed by atoms with van der Waals surface area (Å²) in [5, 5.41) is 0.0725. The molecule has 0 aromatic heterocycles. The minimum absolute atomic E-state index is 0.182. The van der Waals surface area contributed by atoms with E-state index >= 15 is 0 Å². The highest BCUT2D eigenvalue weighted by atomic mass is 79.9. The van der Waals surface area contributed by atoms with Gasteiger partial charge in [0.2, 0.25) is 0 Å². The van der Waals surface area contributed by atoms with Gasteiger partial charge in [-0.3, -0.25) is 14.5 Å². The summed E-state index contributed by atoms with van der Waals surface area (Å²) in [4.78, 5) is 39.7. The van der Waals surface area contributed by atoms with Crippen molar-refractivity contribution in [3.05, 3.63) is 96.2 Å². The molecule has 1 saturated heterocycles. The molecule has 3 aromatic rings. The monoisotopic (exact) mass is 649 g/mol. The lowest BCUT2D eigenvalue weighted by atomic mass is 10.1. The van der Waals surface area contributed by atoms with Gasteiger partial charge in [0.05, 0.1) is 28.1 Å². The van der Waals surface area contributed by atoms with Crippen LogP contribution in [0.15, 0.2) is 74.5 Å². The molecule has 184 valence electrons. The van der Waals surface area contributed by atoms with E-state index in [1.165, 1.54) is 11.0 Å². The molecule has 4 rings (SSSR count). The van der Waals surface area contributed by atoms with E-state index in [0.717, 1.165) is 21.8 Å². The number of thioether (sulfide) groups is 1. The Labute approximate surface area is 233 Å². The molecule has 1 aliphatic heterocycles. The lowest BCUT2D eigenvalue weighted by Gasteiger charge is -2.14. The number of nitrogens with zero attached hydrogens (tertiary/aromatic N) is 1. The van der Waals surface area contributed by atoms with Gasteiger partial charge in [0.1, 0.15) is 0 Å². The average Bonchev–Trinajstić information content (AvgIpc) is 3.10. The van der Waals surface area contributed by atoms with E-state index in [0.29, 0.717) is 33.0 Å². The molecule has 1 heterocycles. The molecule has 0 N–H and O–H groups in total. The van der Waals surface area contributed by atoms with E-state index in [9.17, 15) is 14.4 Å². The molecule has 1 fully saturated rings. The van der Waals surface area contributed by atoms with E-state index in [-0.39, 0.29) is 28.3 Å². The predicted octanol–water partition coefficient (Wildman–Crippen LogP) is 7.72. The number of ether oxygens (including phenoxy) is 2. The van der Waals surface area contributed by atoms with Crippen molar-refractivity contribution in [3.63, 3.8) is 0 Å². The Kier molecular flexibility index (Phi) is 8.56. The van der Waals surface area contributed by atoms with E-state index in [4.69, 9.17) is 21.1 Å². The molecule has 6 nitrogen and oxygen atoms in total. The first kappa shape index (κ1) is 26.5. The largest absolute Gasteiger partial charge is 0.490 e. The van der Waals surface area contributed by atoms with Gasteiger partial charge in [-0.15, -0.1) is 0 Å². The Balaban J connectivity index is 1.58. The number of carbonyl (C=O) groups excluding carboxylic acids is 3. The molecular weight excluding hydrogens is 634 g/mol. The topological polar surface area (TPSA) is 72.9 Å². The second-order valence-electron chi connectivity index (χ2n) is 7.56. The Hall–Kier alpha value is -2.59. The average molecular weight is 652 g/mol. The molecule has 0 saturated carbocycles. The van der Waals surface area contributed by atoms with Crippen LogP contribution in [0.2, 0.25) is 5.02 Å². The Morgan fingerprint density at radius 1 is 1.08 bits per heavy atom. The molecule has 3 aromatic carbocycles. The van der Waals surface area contributed by atoms with E-state index in [2.05, 4.69) is 31.9 Å². The molecule has 0 unspecified atom stereocenters. The maximum absolute atomic E-state index is 13.0. The minimum Gasteiger partial charge on any atom is -0.490 e. The van der Waals surface area contributed by atoms with Crippen molar-refractivity contribution in [2.75, 3.05) is 6.61 Å². The summed E-state index contributed by atoms with van der Waals surface area (Å²) in [6.07, 6.45) is 1.61. The fraction of sp³-hybridized carbons (Fsp3) is 0.115. The van der Waals surface area contributed by atoms with Gasteiger partial charge in [-0.2, -0.15) is 0 Å². The Morgan fingerprint density at radius 2 is 1.83 bits per heavy atom. The second-order valence-corrected chi connectivity index (χ2v) is 10.8. The molecule has 2 amide bonds. The highest BCUT2D eigenvalue weighted by Gasteiger charge is 2.35. The maximum atomic E-state index is 13.0. The highest BCUT2D eigenvalue weighted by Crippen LogP contribution is 2.40. The smallest absolute Gasteiger partial charge is 0.343 e. The first-order chi connectivity index (χ1) is 17.2. The van der Waals surface area contributed by atoms with Crippen LogP contribution in [0.5, 0.6) is 11.5 Å². The van der Waals surface area contributed by atoms with Crippen LogP contribution < -0.4 is 9.47 Å². The molecule has 1 aliphatic rings. The minimum atomic E-state index is -0.596. The van der Waals surface area contributed by atoms with Gasteiger partial charge < -0.3 is 9.47 Å². The third-order valence-electron chi connectivity index (χ3n) is 5.01. The van der Waals surface area contributed by atoms with Gasteiger partial charge >= 0.3 is 5.97 Å². The van der Waals surface area contributed by atoms with Crippen molar-refractivity contribution < 1.29 is 23.9 Å². The van der Waals surface area contributed by atoms with Gasteiger partial charge in [0.15, 0.2) is 11.5 Å². The summed E-state index contributed by atoms with van der Waals surface area (Å²) in [6, 6.07) is 17.2. The fourth-order valence-electron chi connectivity index (χ4n) is 3.36. The molecule has 0 bridgehead atoms. The highest BCUT2D eigenvalue weighted by molar-refractivity contribution is 9.10. The van der Waals surface area contributed by atoms with Gasteiger partial charge in [0.25, 0.3) is 11.1 Å². The standard InChI is InChI=1S/C26H18Br2ClNO5S/c1-2-34-21-11-16(10-20(28)23(21)35-25(32)17-4-3-5-19(29)13-17)12-22-24(31)30(26(33)36-22)14-15-6-8-18(27)9-7-15/h3-13H,2,14H2,1H3/b22-12-. The SMILES string of the molecule is CCOc1cc(/C=C2\SC(=O)N(Cc3ccc(Br)cc3)C2=O)cc(Br)c1OC(=O)c1cccc(Cl)c1. The number of halogens is 3. The Bertz CT molecular complexity index is 1380. The zero-order chi connectivity index (χ0) is 25.8. The lowest BCUT2D eigenvalue weighted by Crippen LogP contribution is -2.27. The first-order valence-corrected chi connectivity index (χ1v) is 13.5. The van der Waals surface area contributed by atoms with Crippen LogP contribution in [0.3, 0.4) is 0 Å². The van der Waals surface area contributed by atoms with Crippen LogP contribution in [0.1, 0.15) is 28.4 Å². The summed E-state index contributed by atoms with van der Waals surface area (Å²) in [7, 11) is 0. The number of amides is 2. The van der Waals surface area contributed by atoms with E-state index in [1.807, 2.05) is 24.3 Å². The fourth-order valence-corrected chi connectivity index (χ4v) is 5.19. The lowest BCUT2D eigenvalue weighted by molar-refractivity contribution is -0.123. The van der Waals surface area contributed by atoms with Crippen LogP contribution in [0, 0.1) is 0 Å². The number of rotatable bonds is 7. The molecule has 0 aliphatic carbocycles. The quantitative estimate of drug-likeness (QED) is 0.148. The molecule has 0 radical (unpaired) electrons. The van der Waals surface area contributed by atoms with E-state index in [1.54, 1.807) is 43.3 Å². The van der Waals surface area contributed by atoms with Crippen LogP contribution in [0.25, 0.3) is 6.08 Å². The van der Waals surface area contributed by atoms with Crippen LogP contribution in [-0.4, -0.2) is 28.6 Å². The normalized spacial score (nSPS) is 14.4. The number of hydrogen-bond acceptors (Lipinski definition) is 6. The number of imide groups is 1. The van der Waals surface area contributed by atoms with E-state index < -0.39 is 5.97 Å². The molecule has 36 heavy (non-hydrogen) atoms. The molecule has 10 heteroatoms. The summed E-state index contributed by atoms with van der Waals surface area (Å²) in [6.45, 7) is 2.31. The third kappa shape index (κ3) is 6.21. The molecule has 0 atom stereocenters. The van der Waals surface area contributed by atoms with Crippen molar-refractivity contribution >= 4 is 78.4 Å². The van der Waals surface area contributed by atoms with Gasteiger partial charge in [-0.25, -0.2) is 4.79 Å². The molecular formula is C26H18Br2ClNO5S. The van der Waals surface area contributed by atoms with Crippen LogP contribution >= 0.6 is 55.2 Å². The van der Waals surface area contributed by atoms with Crippen LogP contribution in [0.4, 0.5) is 4.79 Å². The third-order valence-corrected chi connectivity index (χ3v) is 7.27. The number of hydrogen-bond donors (Lipinski definition) is 0. The van der Waals surface area contributed by atoms with Crippen molar-refractivity contribution in [3.8, 4) is 11.5 Å². The van der Waals surface area contributed by atoms with Crippen molar-refractivity contribution in [1.82, 2.24) is 4.90 Å². The zero-order valence-corrected chi connectivity index (χ0v) is 23.5. The second kappa shape index (κ2) is 11.6. The predicted molar refractivity (Wildman–Crippen MR) is 147 cm³/mol. The van der Waals surface area contributed by atoms with Crippen molar-refractivity contribution in [1.29, 1.82) is 0 Å². The van der Waals surface area contributed by atoms with Crippen LogP contribution in [-0.2, 0) is 11.3 Å². The summed E-state index contributed by atoms with van der Waals surface area (Å²) >= 11 is 13.7. The van der Waals surface area contributed by atoms with Crippen molar-refractivity contribution in [2.24, 2.45) is 0 Å². The van der Waals surface area contributed by atoms with Gasteiger partial charge in [0, 0.05) is 9.50 Å². The maximum Gasteiger partial charge on any atom is 0.343 e. The Morgan fingerprint density at radius 3 is 2.53 bits per heavy atom.